The molecule has 0 aliphatic carbocycles. The van der Waals surface area contributed by atoms with Crippen LogP contribution in [0.15, 0.2) is 24.3 Å². The molecule has 1 aromatic carbocycles. The number of para-hydroxylation sites is 1. The van der Waals surface area contributed by atoms with Gasteiger partial charge in [-0.25, -0.2) is 0 Å². The zero-order chi connectivity index (χ0) is 12.3. The Morgan fingerprint density at radius 3 is 3.00 bits per heavy atom. The van der Waals surface area contributed by atoms with E-state index in [1.807, 2.05) is 30.0 Å². The Morgan fingerprint density at radius 2 is 2.24 bits per heavy atom. The van der Waals surface area contributed by atoms with Crippen molar-refractivity contribution in [2.45, 2.75) is 32.7 Å². The number of rotatable bonds is 4. The van der Waals surface area contributed by atoms with E-state index in [1.54, 1.807) is 0 Å². The molecule has 0 saturated heterocycles. The topological polar surface area (TPSA) is 29.5 Å². The second-order valence-electron chi connectivity index (χ2n) is 4.39. The summed E-state index contributed by atoms with van der Waals surface area (Å²) >= 11 is 0. The third kappa shape index (κ3) is 2.50. The highest BCUT2D eigenvalue weighted by atomic mass is 16.5. The van der Waals surface area contributed by atoms with E-state index in [2.05, 4.69) is 13.0 Å². The number of carbonyl (C=O) groups is 1. The van der Waals surface area contributed by atoms with Gasteiger partial charge >= 0.3 is 0 Å². The largest absolute Gasteiger partial charge is 0.381 e. The van der Waals surface area contributed by atoms with E-state index in [-0.39, 0.29) is 11.9 Å². The van der Waals surface area contributed by atoms with E-state index >= 15 is 0 Å². The maximum absolute atomic E-state index is 12.1. The van der Waals surface area contributed by atoms with Crippen molar-refractivity contribution >= 4 is 11.6 Å². The smallest absolute Gasteiger partial charge is 0.229 e. The molecule has 1 heterocycles. The molecule has 0 saturated carbocycles. The number of amides is 1. The van der Waals surface area contributed by atoms with Gasteiger partial charge in [-0.1, -0.05) is 18.2 Å². The van der Waals surface area contributed by atoms with Crippen LogP contribution < -0.4 is 4.90 Å². The highest BCUT2D eigenvalue weighted by Crippen LogP contribution is 2.32. The normalized spacial score (nSPS) is 18.2. The van der Waals surface area contributed by atoms with Gasteiger partial charge in [-0.2, -0.15) is 0 Å². The average Bonchev–Trinajstić information content (AvgIpc) is 2.65. The zero-order valence-electron chi connectivity index (χ0n) is 10.5. The van der Waals surface area contributed by atoms with Crippen molar-refractivity contribution in [3.05, 3.63) is 29.8 Å². The molecule has 1 aromatic rings. The first kappa shape index (κ1) is 12.1. The lowest BCUT2D eigenvalue weighted by Gasteiger charge is -2.22. The van der Waals surface area contributed by atoms with Gasteiger partial charge < -0.3 is 9.64 Å². The highest BCUT2D eigenvalue weighted by molar-refractivity contribution is 5.96. The molecular formula is C14H19NO2. The van der Waals surface area contributed by atoms with Crippen LogP contribution in [0.5, 0.6) is 0 Å². The first-order valence-corrected chi connectivity index (χ1v) is 6.21. The van der Waals surface area contributed by atoms with Crippen LogP contribution in [0.4, 0.5) is 5.69 Å². The van der Waals surface area contributed by atoms with Crippen molar-refractivity contribution in [3.63, 3.8) is 0 Å². The van der Waals surface area contributed by atoms with Gasteiger partial charge in [0.1, 0.15) is 0 Å². The lowest BCUT2D eigenvalue weighted by molar-refractivity contribution is -0.119. The molecule has 0 radical (unpaired) electrons. The van der Waals surface area contributed by atoms with Gasteiger partial charge in [0, 0.05) is 18.3 Å². The number of nitrogens with zero attached hydrogens (tertiary/aromatic N) is 1. The van der Waals surface area contributed by atoms with E-state index in [4.69, 9.17) is 4.74 Å². The highest BCUT2D eigenvalue weighted by Gasteiger charge is 2.29. The molecule has 0 aromatic heterocycles. The Hall–Kier alpha value is -1.35. The zero-order valence-corrected chi connectivity index (χ0v) is 10.5. The molecular weight excluding hydrogens is 214 g/mol. The van der Waals surface area contributed by atoms with E-state index in [9.17, 15) is 4.79 Å². The minimum atomic E-state index is 0.163. The summed E-state index contributed by atoms with van der Waals surface area (Å²) in [4.78, 5) is 14.1. The van der Waals surface area contributed by atoms with E-state index in [1.165, 1.54) is 5.56 Å². The van der Waals surface area contributed by atoms with Gasteiger partial charge in [-0.05, 0) is 31.9 Å². The van der Waals surface area contributed by atoms with Crippen molar-refractivity contribution in [1.29, 1.82) is 0 Å². The first-order chi connectivity index (χ1) is 8.24. The van der Waals surface area contributed by atoms with Gasteiger partial charge in [0.25, 0.3) is 0 Å². The summed E-state index contributed by atoms with van der Waals surface area (Å²) in [6.07, 6.45) is 1.42. The van der Waals surface area contributed by atoms with Crippen molar-refractivity contribution in [1.82, 2.24) is 0 Å². The number of hydrogen-bond acceptors (Lipinski definition) is 2. The first-order valence-electron chi connectivity index (χ1n) is 6.21. The Bertz CT molecular complexity index is 403. The van der Waals surface area contributed by atoms with Gasteiger partial charge in [0.15, 0.2) is 0 Å². The number of benzene rings is 1. The maximum atomic E-state index is 12.1. The molecule has 3 nitrogen and oxygen atoms in total. The van der Waals surface area contributed by atoms with Crippen LogP contribution in [0.2, 0.25) is 0 Å². The molecule has 0 bridgehead atoms. The van der Waals surface area contributed by atoms with Crippen molar-refractivity contribution in [2.75, 3.05) is 18.1 Å². The van der Waals surface area contributed by atoms with Crippen LogP contribution in [0, 0.1) is 0 Å². The summed E-state index contributed by atoms with van der Waals surface area (Å²) in [7, 11) is 0. The van der Waals surface area contributed by atoms with Crippen LogP contribution in [-0.2, 0) is 16.0 Å². The molecule has 1 aliphatic heterocycles. The standard InChI is InChI=1S/C14H19NO2/c1-3-17-9-8-14(16)15-11(2)10-12-6-4-5-7-13(12)15/h4-7,11H,3,8-10H2,1-2H3. The molecule has 1 atom stereocenters. The number of hydrogen-bond donors (Lipinski definition) is 0. The van der Waals surface area contributed by atoms with Gasteiger partial charge in [-0.3, -0.25) is 4.79 Å². The summed E-state index contributed by atoms with van der Waals surface area (Å²) in [6.45, 7) is 5.22. The fraction of sp³-hybridized carbons (Fsp3) is 0.500. The molecule has 3 heteroatoms. The second-order valence-corrected chi connectivity index (χ2v) is 4.39. The number of anilines is 1. The molecule has 0 N–H and O–H groups in total. The summed E-state index contributed by atoms with van der Waals surface area (Å²) in [5, 5.41) is 0. The Labute approximate surface area is 102 Å². The van der Waals surface area contributed by atoms with Crippen LogP contribution >= 0.6 is 0 Å². The molecule has 2 rings (SSSR count). The Balaban J connectivity index is 2.08. The molecule has 1 unspecified atom stereocenters. The van der Waals surface area contributed by atoms with Crippen LogP contribution in [0.3, 0.4) is 0 Å². The predicted octanol–water partition coefficient (Wildman–Crippen LogP) is 2.39. The SMILES string of the molecule is CCOCCC(=O)N1c2ccccc2CC1C. The summed E-state index contributed by atoms with van der Waals surface area (Å²) in [6, 6.07) is 8.40. The number of fused-ring (bicyclic) bond motifs is 1. The third-order valence-electron chi connectivity index (χ3n) is 3.14. The van der Waals surface area contributed by atoms with Crippen LogP contribution in [0.25, 0.3) is 0 Å². The third-order valence-corrected chi connectivity index (χ3v) is 3.14. The summed E-state index contributed by atoms with van der Waals surface area (Å²) < 4.78 is 5.24. The minimum absolute atomic E-state index is 0.163. The Kier molecular flexibility index (Phi) is 3.79. The molecule has 0 spiro atoms. The quantitative estimate of drug-likeness (QED) is 0.747. The van der Waals surface area contributed by atoms with Crippen LogP contribution in [0.1, 0.15) is 25.8 Å². The van der Waals surface area contributed by atoms with Crippen molar-refractivity contribution in [3.8, 4) is 0 Å². The van der Waals surface area contributed by atoms with E-state index in [0.29, 0.717) is 19.6 Å². The lowest BCUT2D eigenvalue weighted by Crippen LogP contribution is -2.36. The Morgan fingerprint density at radius 1 is 1.47 bits per heavy atom. The summed E-state index contributed by atoms with van der Waals surface area (Å²) in [5.74, 6) is 0.163. The van der Waals surface area contributed by atoms with E-state index < -0.39 is 0 Å². The predicted molar refractivity (Wildman–Crippen MR) is 68.2 cm³/mol. The average molecular weight is 233 g/mol. The van der Waals surface area contributed by atoms with Gasteiger partial charge in [0.2, 0.25) is 5.91 Å². The number of carbonyl (C=O) groups excluding carboxylic acids is 1. The molecule has 0 fully saturated rings. The molecule has 1 amide bonds. The minimum Gasteiger partial charge on any atom is -0.381 e. The monoisotopic (exact) mass is 233 g/mol. The lowest BCUT2D eigenvalue weighted by atomic mass is 10.1. The van der Waals surface area contributed by atoms with Crippen molar-refractivity contribution < 1.29 is 9.53 Å². The molecule has 17 heavy (non-hydrogen) atoms. The number of ether oxygens (including phenoxy) is 1. The van der Waals surface area contributed by atoms with Gasteiger partial charge in [-0.15, -0.1) is 0 Å². The fourth-order valence-corrected chi connectivity index (χ4v) is 2.37. The van der Waals surface area contributed by atoms with E-state index in [0.717, 1.165) is 12.1 Å². The fourth-order valence-electron chi connectivity index (χ4n) is 2.37. The summed E-state index contributed by atoms with van der Waals surface area (Å²) in [5.41, 5.74) is 2.34. The molecule has 1 aliphatic rings. The van der Waals surface area contributed by atoms with Gasteiger partial charge in [0.05, 0.1) is 13.0 Å². The van der Waals surface area contributed by atoms with Crippen molar-refractivity contribution in [2.24, 2.45) is 0 Å². The second kappa shape index (κ2) is 5.32. The maximum Gasteiger partial charge on any atom is 0.229 e. The molecule has 92 valence electrons. The van der Waals surface area contributed by atoms with Crippen LogP contribution in [-0.4, -0.2) is 25.2 Å².